The van der Waals surface area contributed by atoms with Crippen molar-refractivity contribution in [1.82, 2.24) is 15.6 Å². The molecule has 1 atom stereocenters. The summed E-state index contributed by atoms with van der Waals surface area (Å²) in [4.78, 5) is 16.3. The normalized spacial score (nSPS) is 18.8. The van der Waals surface area contributed by atoms with Gasteiger partial charge in [-0.3, -0.25) is 4.79 Å². The minimum atomic E-state index is -0.398. The molecule has 2 aromatic rings. The van der Waals surface area contributed by atoms with Gasteiger partial charge in [0.05, 0.1) is 6.61 Å². The molecule has 6 nitrogen and oxygen atoms in total. The summed E-state index contributed by atoms with van der Waals surface area (Å²) in [5, 5.41) is 5.99. The SMILES string of the molecule is Cc1cccc2oc(CCNC(=O)[C@H]3CNCCO3)nc12. The zero-order valence-corrected chi connectivity index (χ0v) is 12.0. The molecule has 21 heavy (non-hydrogen) atoms. The predicted molar refractivity (Wildman–Crippen MR) is 78.1 cm³/mol. The van der Waals surface area contributed by atoms with Crippen LogP contribution < -0.4 is 10.6 Å². The molecule has 2 heterocycles. The molecule has 1 aliphatic heterocycles. The van der Waals surface area contributed by atoms with E-state index in [4.69, 9.17) is 9.15 Å². The first-order chi connectivity index (χ1) is 10.2. The van der Waals surface area contributed by atoms with Crippen LogP contribution in [-0.4, -0.2) is 43.2 Å². The van der Waals surface area contributed by atoms with Gasteiger partial charge in [-0.15, -0.1) is 0 Å². The number of fused-ring (bicyclic) bond motifs is 1. The van der Waals surface area contributed by atoms with E-state index < -0.39 is 6.10 Å². The topological polar surface area (TPSA) is 76.4 Å². The van der Waals surface area contributed by atoms with E-state index in [1.54, 1.807) is 0 Å². The molecule has 6 heteroatoms. The van der Waals surface area contributed by atoms with Crippen molar-refractivity contribution in [2.75, 3.05) is 26.2 Å². The van der Waals surface area contributed by atoms with Gasteiger partial charge >= 0.3 is 0 Å². The third-order valence-corrected chi connectivity index (χ3v) is 3.52. The Kier molecular flexibility index (Phi) is 4.17. The maximum absolute atomic E-state index is 11.9. The highest BCUT2D eigenvalue weighted by Gasteiger charge is 2.21. The summed E-state index contributed by atoms with van der Waals surface area (Å²) in [6, 6.07) is 5.85. The molecule has 112 valence electrons. The molecule has 1 aromatic carbocycles. The minimum Gasteiger partial charge on any atom is -0.441 e. The number of hydrogen-bond donors (Lipinski definition) is 2. The first-order valence-corrected chi connectivity index (χ1v) is 7.19. The van der Waals surface area contributed by atoms with E-state index in [1.165, 1.54) is 0 Å². The number of oxazole rings is 1. The van der Waals surface area contributed by atoms with Crippen molar-refractivity contribution in [1.29, 1.82) is 0 Å². The van der Waals surface area contributed by atoms with Crippen molar-refractivity contribution in [2.24, 2.45) is 0 Å². The maximum Gasteiger partial charge on any atom is 0.250 e. The Balaban J connectivity index is 1.54. The Morgan fingerprint density at radius 3 is 3.19 bits per heavy atom. The fraction of sp³-hybridized carbons (Fsp3) is 0.467. The Hall–Kier alpha value is -1.92. The van der Waals surface area contributed by atoms with E-state index >= 15 is 0 Å². The molecular weight excluding hydrogens is 270 g/mol. The molecule has 0 bridgehead atoms. The Bertz CT molecular complexity index is 632. The van der Waals surface area contributed by atoms with E-state index in [0.717, 1.165) is 23.2 Å². The second kappa shape index (κ2) is 6.24. The molecule has 1 aromatic heterocycles. The van der Waals surface area contributed by atoms with Gasteiger partial charge in [-0.25, -0.2) is 4.98 Å². The zero-order valence-electron chi connectivity index (χ0n) is 12.0. The number of nitrogens with one attached hydrogen (secondary N) is 2. The van der Waals surface area contributed by atoms with Crippen LogP contribution in [0.2, 0.25) is 0 Å². The number of nitrogens with zero attached hydrogens (tertiary/aromatic N) is 1. The van der Waals surface area contributed by atoms with Crippen LogP contribution in [0.25, 0.3) is 11.1 Å². The van der Waals surface area contributed by atoms with Crippen molar-refractivity contribution < 1.29 is 13.9 Å². The Morgan fingerprint density at radius 1 is 1.52 bits per heavy atom. The zero-order chi connectivity index (χ0) is 14.7. The average molecular weight is 289 g/mol. The molecule has 0 aliphatic carbocycles. The summed E-state index contributed by atoms with van der Waals surface area (Å²) in [6.45, 7) is 4.43. The minimum absolute atomic E-state index is 0.0884. The largest absolute Gasteiger partial charge is 0.441 e. The number of morpholine rings is 1. The van der Waals surface area contributed by atoms with E-state index in [1.807, 2.05) is 25.1 Å². The van der Waals surface area contributed by atoms with Crippen LogP contribution in [0.1, 0.15) is 11.5 Å². The second-order valence-electron chi connectivity index (χ2n) is 5.13. The lowest BCUT2D eigenvalue weighted by Crippen LogP contribution is -2.48. The number of amides is 1. The van der Waals surface area contributed by atoms with Gasteiger partial charge in [0.25, 0.3) is 0 Å². The fourth-order valence-electron chi connectivity index (χ4n) is 2.38. The van der Waals surface area contributed by atoms with Crippen molar-refractivity contribution >= 4 is 17.0 Å². The molecule has 1 fully saturated rings. The molecular formula is C15H19N3O3. The first-order valence-electron chi connectivity index (χ1n) is 7.19. The summed E-state index contributed by atoms with van der Waals surface area (Å²) < 4.78 is 11.1. The molecule has 0 unspecified atom stereocenters. The van der Waals surface area contributed by atoms with Gasteiger partial charge < -0.3 is 19.8 Å². The molecule has 2 N–H and O–H groups in total. The van der Waals surface area contributed by atoms with Crippen LogP contribution in [0.3, 0.4) is 0 Å². The Morgan fingerprint density at radius 2 is 2.43 bits per heavy atom. The number of aryl methyl sites for hydroxylation is 1. The lowest BCUT2D eigenvalue weighted by molar-refractivity contribution is -0.134. The third kappa shape index (κ3) is 3.22. The van der Waals surface area contributed by atoms with E-state index in [-0.39, 0.29) is 5.91 Å². The number of aromatic nitrogens is 1. The van der Waals surface area contributed by atoms with Gasteiger partial charge in [0.1, 0.15) is 11.6 Å². The van der Waals surface area contributed by atoms with E-state index in [2.05, 4.69) is 15.6 Å². The monoisotopic (exact) mass is 289 g/mol. The Labute approximate surface area is 122 Å². The molecule has 3 rings (SSSR count). The quantitative estimate of drug-likeness (QED) is 0.870. The van der Waals surface area contributed by atoms with Crippen molar-refractivity contribution in [3.05, 3.63) is 29.7 Å². The lowest BCUT2D eigenvalue weighted by Gasteiger charge is -2.22. The van der Waals surface area contributed by atoms with Gasteiger partial charge in [0.2, 0.25) is 5.91 Å². The van der Waals surface area contributed by atoms with Crippen molar-refractivity contribution in [2.45, 2.75) is 19.4 Å². The summed E-state index contributed by atoms with van der Waals surface area (Å²) in [7, 11) is 0. The molecule has 0 radical (unpaired) electrons. The number of carbonyl (C=O) groups is 1. The molecule has 1 amide bonds. The van der Waals surface area contributed by atoms with Crippen LogP contribution in [-0.2, 0) is 16.0 Å². The number of carbonyl (C=O) groups excluding carboxylic acids is 1. The van der Waals surface area contributed by atoms with Crippen LogP contribution in [0.4, 0.5) is 0 Å². The summed E-state index contributed by atoms with van der Waals surface area (Å²) >= 11 is 0. The smallest absolute Gasteiger partial charge is 0.250 e. The number of ether oxygens (including phenoxy) is 1. The number of rotatable bonds is 4. The lowest BCUT2D eigenvalue weighted by atomic mass is 10.2. The molecule has 0 spiro atoms. The number of hydrogen-bond acceptors (Lipinski definition) is 5. The van der Waals surface area contributed by atoms with Crippen molar-refractivity contribution in [3.8, 4) is 0 Å². The highest BCUT2D eigenvalue weighted by atomic mass is 16.5. The van der Waals surface area contributed by atoms with E-state index in [0.29, 0.717) is 32.0 Å². The van der Waals surface area contributed by atoms with Crippen molar-refractivity contribution in [3.63, 3.8) is 0 Å². The average Bonchev–Trinajstić information content (AvgIpc) is 2.92. The highest BCUT2D eigenvalue weighted by Crippen LogP contribution is 2.18. The first kappa shape index (κ1) is 14.0. The summed E-state index contributed by atoms with van der Waals surface area (Å²) in [5.74, 6) is 0.553. The van der Waals surface area contributed by atoms with Gasteiger partial charge in [0, 0.05) is 26.1 Å². The van der Waals surface area contributed by atoms with E-state index in [9.17, 15) is 4.79 Å². The third-order valence-electron chi connectivity index (χ3n) is 3.52. The fourth-order valence-corrected chi connectivity index (χ4v) is 2.38. The molecule has 1 saturated heterocycles. The predicted octanol–water partition coefficient (Wildman–Crippen LogP) is 0.783. The van der Waals surface area contributed by atoms with Crippen LogP contribution >= 0.6 is 0 Å². The number of para-hydroxylation sites is 1. The van der Waals surface area contributed by atoms with Gasteiger partial charge in [-0.1, -0.05) is 12.1 Å². The van der Waals surface area contributed by atoms with Crippen LogP contribution in [0, 0.1) is 6.92 Å². The maximum atomic E-state index is 11.9. The summed E-state index contributed by atoms with van der Waals surface area (Å²) in [6.07, 6.45) is 0.171. The van der Waals surface area contributed by atoms with Crippen LogP contribution in [0.15, 0.2) is 22.6 Å². The highest BCUT2D eigenvalue weighted by molar-refractivity contribution is 5.81. The molecule has 0 saturated carbocycles. The van der Waals surface area contributed by atoms with Gasteiger partial charge in [-0.2, -0.15) is 0 Å². The van der Waals surface area contributed by atoms with Gasteiger partial charge in [0.15, 0.2) is 11.5 Å². The standard InChI is InChI=1S/C15H19N3O3/c1-10-3-2-4-11-14(10)18-13(21-11)5-6-17-15(19)12-9-16-7-8-20-12/h2-4,12,16H,5-9H2,1H3,(H,17,19)/t12-/m1/s1. The summed E-state index contributed by atoms with van der Waals surface area (Å²) in [5.41, 5.74) is 2.77. The second-order valence-corrected chi connectivity index (χ2v) is 5.13. The van der Waals surface area contributed by atoms with Crippen LogP contribution in [0.5, 0.6) is 0 Å². The number of benzene rings is 1. The van der Waals surface area contributed by atoms with Gasteiger partial charge in [-0.05, 0) is 18.6 Å². The molecule has 1 aliphatic rings.